The predicted molar refractivity (Wildman–Crippen MR) is 48.9 cm³/mol. The van der Waals surface area contributed by atoms with Crippen molar-refractivity contribution in [2.24, 2.45) is 0 Å². The number of rotatable bonds is 3. The van der Waals surface area contributed by atoms with Crippen LogP contribution in [0.1, 0.15) is 10.6 Å². The van der Waals surface area contributed by atoms with Gasteiger partial charge in [-0.25, -0.2) is 4.98 Å². The van der Waals surface area contributed by atoms with E-state index in [-0.39, 0.29) is 0 Å². The highest BCUT2D eigenvalue weighted by molar-refractivity contribution is 7.15. The number of anilines is 1. The zero-order valence-electron chi connectivity index (χ0n) is 6.85. The zero-order valence-corrected chi connectivity index (χ0v) is 7.66. The Morgan fingerprint density at radius 1 is 1.64 bits per heavy atom. The first kappa shape index (κ1) is 8.49. The van der Waals surface area contributed by atoms with Gasteiger partial charge in [-0.3, -0.25) is 0 Å². The third-order valence-corrected chi connectivity index (χ3v) is 2.36. The Hall–Kier alpha value is -0.610. The van der Waals surface area contributed by atoms with E-state index >= 15 is 0 Å². The lowest BCUT2D eigenvalue weighted by molar-refractivity contribution is 0.778. The molecule has 1 rings (SSSR count). The minimum atomic E-state index is 0.675. The third-order valence-electron chi connectivity index (χ3n) is 1.52. The van der Waals surface area contributed by atoms with Gasteiger partial charge in [-0.2, -0.15) is 0 Å². The standard InChI is InChI=1S/C7H13N3S/c1-5-6(3-4-9-2)10-7(8)11-5/h9H,3-4H2,1-2H3,(H2,8,10). The Kier molecular flexibility index (Phi) is 2.84. The summed E-state index contributed by atoms with van der Waals surface area (Å²) in [4.78, 5) is 5.44. The quantitative estimate of drug-likeness (QED) is 0.707. The second-order valence-corrected chi connectivity index (χ2v) is 3.64. The van der Waals surface area contributed by atoms with Crippen molar-refractivity contribution in [3.05, 3.63) is 10.6 Å². The molecule has 0 aliphatic heterocycles. The van der Waals surface area contributed by atoms with Gasteiger partial charge < -0.3 is 11.1 Å². The number of nitrogen functional groups attached to an aromatic ring is 1. The van der Waals surface area contributed by atoms with Crippen LogP contribution in [0.4, 0.5) is 5.13 Å². The summed E-state index contributed by atoms with van der Waals surface area (Å²) in [5.41, 5.74) is 6.66. The lowest BCUT2D eigenvalue weighted by Crippen LogP contribution is -2.11. The maximum atomic E-state index is 5.54. The summed E-state index contributed by atoms with van der Waals surface area (Å²) < 4.78 is 0. The molecule has 0 amide bonds. The molecular formula is C7H13N3S. The summed E-state index contributed by atoms with van der Waals surface area (Å²) in [5.74, 6) is 0. The second-order valence-electron chi connectivity index (χ2n) is 2.41. The normalized spacial score (nSPS) is 10.4. The van der Waals surface area contributed by atoms with Crippen LogP contribution in [0, 0.1) is 6.92 Å². The van der Waals surface area contributed by atoms with E-state index in [2.05, 4.69) is 17.2 Å². The van der Waals surface area contributed by atoms with Gasteiger partial charge in [0.1, 0.15) is 0 Å². The Morgan fingerprint density at radius 3 is 2.82 bits per heavy atom. The fraction of sp³-hybridized carbons (Fsp3) is 0.571. The molecule has 0 radical (unpaired) electrons. The molecule has 4 heteroatoms. The van der Waals surface area contributed by atoms with Crippen LogP contribution in [0.25, 0.3) is 0 Å². The number of likely N-dealkylation sites (N-methyl/N-ethyl adjacent to an activating group) is 1. The highest BCUT2D eigenvalue weighted by Gasteiger charge is 2.03. The maximum absolute atomic E-state index is 5.54. The van der Waals surface area contributed by atoms with Gasteiger partial charge >= 0.3 is 0 Å². The molecule has 1 aromatic rings. The molecule has 0 saturated heterocycles. The van der Waals surface area contributed by atoms with E-state index in [0.717, 1.165) is 18.7 Å². The Balaban J connectivity index is 2.62. The van der Waals surface area contributed by atoms with Crippen molar-refractivity contribution in [3.63, 3.8) is 0 Å². The minimum absolute atomic E-state index is 0.675. The second kappa shape index (κ2) is 3.69. The minimum Gasteiger partial charge on any atom is -0.375 e. The van der Waals surface area contributed by atoms with Crippen molar-refractivity contribution in [2.75, 3.05) is 19.3 Å². The predicted octanol–water partition coefficient (Wildman–Crippen LogP) is 0.796. The molecule has 0 fully saturated rings. The van der Waals surface area contributed by atoms with Crippen LogP contribution in [-0.2, 0) is 6.42 Å². The first-order chi connectivity index (χ1) is 5.24. The molecule has 0 aromatic carbocycles. The first-order valence-electron chi connectivity index (χ1n) is 3.60. The topological polar surface area (TPSA) is 50.9 Å². The summed E-state index contributed by atoms with van der Waals surface area (Å²) >= 11 is 1.56. The highest BCUT2D eigenvalue weighted by Crippen LogP contribution is 2.18. The average Bonchev–Trinajstić information content (AvgIpc) is 2.26. The van der Waals surface area contributed by atoms with E-state index in [9.17, 15) is 0 Å². The Morgan fingerprint density at radius 2 is 2.36 bits per heavy atom. The van der Waals surface area contributed by atoms with E-state index in [1.807, 2.05) is 7.05 Å². The van der Waals surface area contributed by atoms with Crippen LogP contribution in [0.3, 0.4) is 0 Å². The van der Waals surface area contributed by atoms with E-state index < -0.39 is 0 Å². The molecule has 0 atom stereocenters. The van der Waals surface area contributed by atoms with Crippen molar-refractivity contribution in [1.29, 1.82) is 0 Å². The molecule has 0 spiro atoms. The number of nitrogens with two attached hydrogens (primary N) is 1. The Bertz CT molecular complexity index is 232. The van der Waals surface area contributed by atoms with E-state index in [1.165, 1.54) is 4.88 Å². The SMILES string of the molecule is CNCCc1nc(N)sc1C. The van der Waals surface area contributed by atoms with Crippen LogP contribution in [0.15, 0.2) is 0 Å². The molecule has 11 heavy (non-hydrogen) atoms. The zero-order chi connectivity index (χ0) is 8.27. The van der Waals surface area contributed by atoms with E-state index in [0.29, 0.717) is 5.13 Å². The number of aromatic nitrogens is 1. The summed E-state index contributed by atoms with van der Waals surface area (Å²) in [5, 5.41) is 3.75. The number of nitrogens with zero attached hydrogens (tertiary/aromatic N) is 1. The lowest BCUT2D eigenvalue weighted by atomic mass is 10.3. The van der Waals surface area contributed by atoms with Crippen LogP contribution in [0.2, 0.25) is 0 Å². The molecule has 0 saturated carbocycles. The van der Waals surface area contributed by atoms with Gasteiger partial charge in [0.25, 0.3) is 0 Å². The van der Waals surface area contributed by atoms with Gasteiger partial charge in [-0.05, 0) is 14.0 Å². The molecule has 0 bridgehead atoms. The molecule has 0 aliphatic carbocycles. The van der Waals surface area contributed by atoms with Crippen LogP contribution < -0.4 is 11.1 Å². The van der Waals surface area contributed by atoms with Crippen molar-refractivity contribution in [3.8, 4) is 0 Å². The number of aryl methyl sites for hydroxylation is 1. The van der Waals surface area contributed by atoms with Gasteiger partial charge in [-0.1, -0.05) is 0 Å². The highest BCUT2D eigenvalue weighted by atomic mass is 32.1. The molecule has 0 unspecified atom stereocenters. The average molecular weight is 171 g/mol. The van der Waals surface area contributed by atoms with E-state index in [4.69, 9.17) is 5.73 Å². The molecule has 3 nitrogen and oxygen atoms in total. The summed E-state index contributed by atoms with van der Waals surface area (Å²) in [6, 6.07) is 0. The van der Waals surface area contributed by atoms with Crippen LogP contribution in [0.5, 0.6) is 0 Å². The Labute approximate surface area is 70.6 Å². The van der Waals surface area contributed by atoms with Crippen LogP contribution >= 0.6 is 11.3 Å². The smallest absolute Gasteiger partial charge is 0.180 e. The molecule has 62 valence electrons. The summed E-state index contributed by atoms with van der Waals surface area (Å²) in [7, 11) is 1.94. The third kappa shape index (κ3) is 2.17. The van der Waals surface area contributed by atoms with Crippen molar-refractivity contribution in [2.45, 2.75) is 13.3 Å². The van der Waals surface area contributed by atoms with Crippen molar-refractivity contribution >= 4 is 16.5 Å². The van der Waals surface area contributed by atoms with Crippen molar-refractivity contribution < 1.29 is 0 Å². The fourth-order valence-electron chi connectivity index (χ4n) is 0.926. The monoisotopic (exact) mass is 171 g/mol. The number of hydrogen-bond acceptors (Lipinski definition) is 4. The van der Waals surface area contributed by atoms with Crippen molar-refractivity contribution in [1.82, 2.24) is 10.3 Å². The maximum Gasteiger partial charge on any atom is 0.180 e. The number of nitrogens with one attached hydrogen (secondary N) is 1. The van der Waals surface area contributed by atoms with Gasteiger partial charge in [0.2, 0.25) is 0 Å². The molecule has 1 aromatic heterocycles. The molecular weight excluding hydrogens is 158 g/mol. The largest absolute Gasteiger partial charge is 0.375 e. The summed E-state index contributed by atoms with van der Waals surface area (Å²) in [6.07, 6.45) is 0.968. The van der Waals surface area contributed by atoms with Gasteiger partial charge in [-0.15, -0.1) is 11.3 Å². The van der Waals surface area contributed by atoms with Gasteiger partial charge in [0.15, 0.2) is 5.13 Å². The molecule has 1 heterocycles. The van der Waals surface area contributed by atoms with Gasteiger partial charge in [0.05, 0.1) is 5.69 Å². The number of hydrogen-bond donors (Lipinski definition) is 2. The van der Waals surface area contributed by atoms with E-state index in [1.54, 1.807) is 11.3 Å². The molecule has 3 N–H and O–H groups in total. The first-order valence-corrected chi connectivity index (χ1v) is 4.42. The van der Waals surface area contributed by atoms with Gasteiger partial charge in [0, 0.05) is 17.8 Å². The van der Waals surface area contributed by atoms with Crippen LogP contribution in [-0.4, -0.2) is 18.6 Å². The fourth-order valence-corrected chi connectivity index (χ4v) is 1.66. The summed E-state index contributed by atoms with van der Waals surface area (Å²) in [6.45, 7) is 3.02. The molecule has 0 aliphatic rings. The lowest BCUT2D eigenvalue weighted by Gasteiger charge is -1.95. The number of thiazole rings is 1.